The number of aliphatic hydroxyl groups excluding tert-OH is 1. The van der Waals surface area contributed by atoms with E-state index in [1.165, 1.54) is 0 Å². The fourth-order valence-electron chi connectivity index (χ4n) is 2.65. The minimum Gasteiger partial charge on any atom is -0.396 e. The van der Waals surface area contributed by atoms with E-state index in [0.29, 0.717) is 12.5 Å². The van der Waals surface area contributed by atoms with Crippen molar-refractivity contribution in [2.24, 2.45) is 5.92 Å². The summed E-state index contributed by atoms with van der Waals surface area (Å²) in [7, 11) is 0. The second-order valence-corrected chi connectivity index (χ2v) is 4.51. The van der Waals surface area contributed by atoms with E-state index in [2.05, 4.69) is 0 Å². The van der Waals surface area contributed by atoms with E-state index in [-0.39, 0.29) is 5.60 Å². The molecular formula is C11H20O3. The quantitative estimate of drug-likeness (QED) is 0.731. The number of ether oxygens (including phenoxy) is 2. The summed E-state index contributed by atoms with van der Waals surface area (Å²) in [6.45, 7) is 2.86. The first-order valence-electron chi connectivity index (χ1n) is 5.67. The molecule has 3 heteroatoms. The molecule has 0 aromatic heterocycles. The van der Waals surface area contributed by atoms with Crippen molar-refractivity contribution < 1.29 is 14.6 Å². The van der Waals surface area contributed by atoms with Gasteiger partial charge in [-0.15, -0.1) is 0 Å². The van der Waals surface area contributed by atoms with Gasteiger partial charge in [-0.2, -0.15) is 0 Å². The second kappa shape index (κ2) is 4.60. The molecule has 3 nitrogen and oxygen atoms in total. The highest BCUT2D eigenvalue weighted by molar-refractivity contribution is 4.88. The second-order valence-electron chi connectivity index (χ2n) is 4.51. The SMILES string of the molecule is OCCC1CCOC2(CCOCC2)C1. The maximum Gasteiger partial charge on any atom is 0.0729 e. The molecular weight excluding hydrogens is 180 g/mol. The first-order chi connectivity index (χ1) is 6.85. The molecule has 0 radical (unpaired) electrons. The molecule has 2 aliphatic heterocycles. The van der Waals surface area contributed by atoms with E-state index < -0.39 is 0 Å². The lowest BCUT2D eigenvalue weighted by Gasteiger charge is -2.43. The van der Waals surface area contributed by atoms with Crippen molar-refractivity contribution in [1.82, 2.24) is 0 Å². The lowest BCUT2D eigenvalue weighted by atomic mass is 9.80. The van der Waals surface area contributed by atoms with Crippen molar-refractivity contribution in [3.63, 3.8) is 0 Å². The molecule has 0 saturated carbocycles. The average Bonchev–Trinajstić information content (AvgIpc) is 2.19. The van der Waals surface area contributed by atoms with Crippen LogP contribution in [0.3, 0.4) is 0 Å². The van der Waals surface area contributed by atoms with Gasteiger partial charge in [-0.05, 0) is 38.0 Å². The minimum absolute atomic E-state index is 0.0936. The monoisotopic (exact) mass is 200 g/mol. The van der Waals surface area contributed by atoms with Crippen LogP contribution in [0.25, 0.3) is 0 Å². The van der Waals surface area contributed by atoms with Gasteiger partial charge < -0.3 is 14.6 Å². The fourth-order valence-corrected chi connectivity index (χ4v) is 2.65. The number of aliphatic hydroxyl groups is 1. The summed E-state index contributed by atoms with van der Waals surface area (Å²) in [5.74, 6) is 0.659. The molecule has 0 amide bonds. The van der Waals surface area contributed by atoms with Crippen molar-refractivity contribution in [3.05, 3.63) is 0 Å². The minimum atomic E-state index is 0.0936. The predicted molar refractivity (Wildman–Crippen MR) is 53.2 cm³/mol. The number of rotatable bonds is 2. The first kappa shape index (κ1) is 10.4. The third-order valence-corrected chi connectivity index (χ3v) is 3.54. The molecule has 82 valence electrons. The predicted octanol–water partition coefficient (Wildman–Crippen LogP) is 1.34. The van der Waals surface area contributed by atoms with Crippen LogP contribution in [0, 0.1) is 5.92 Å². The topological polar surface area (TPSA) is 38.7 Å². The van der Waals surface area contributed by atoms with Crippen molar-refractivity contribution in [1.29, 1.82) is 0 Å². The Morgan fingerprint density at radius 1 is 1.21 bits per heavy atom. The van der Waals surface area contributed by atoms with Gasteiger partial charge in [-0.3, -0.25) is 0 Å². The Morgan fingerprint density at radius 3 is 2.71 bits per heavy atom. The molecule has 0 aliphatic carbocycles. The van der Waals surface area contributed by atoms with Gasteiger partial charge in [0.05, 0.1) is 5.60 Å². The van der Waals surface area contributed by atoms with Crippen molar-refractivity contribution in [2.45, 2.75) is 37.7 Å². The lowest BCUT2D eigenvalue weighted by Crippen LogP contribution is -2.44. The van der Waals surface area contributed by atoms with E-state index >= 15 is 0 Å². The molecule has 2 saturated heterocycles. The van der Waals surface area contributed by atoms with Crippen LogP contribution in [0.5, 0.6) is 0 Å². The zero-order valence-electron chi connectivity index (χ0n) is 8.71. The van der Waals surface area contributed by atoms with Crippen molar-refractivity contribution in [2.75, 3.05) is 26.4 Å². The summed E-state index contributed by atoms with van der Waals surface area (Å²) < 4.78 is 11.3. The van der Waals surface area contributed by atoms with Gasteiger partial charge in [-0.25, -0.2) is 0 Å². The first-order valence-corrected chi connectivity index (χ1v) is 5.67. The maximum atomic E-state index is 8.94. The summed E-state index contributed by atoms with van der Waals surface area (Å²) >= 11 is 0. The van der Waals surface area contributed by atoms with Gasteiger partial charge in [0, 0.05) is 26.4 Å². The number of hydrogen-bond donors (Lipinski definition) is 1. The lowest BCUT2D eigenvalue weighted by molar-refractivity contribution is -0.148. The average molecular weight is 200 g/mol. The van der Waals surface area contributed by atoms with Crippen LogP contribution in [0.15, 0.2) is 0 Å². The Hall–Kier alpha value is -0.120. The molecule has 2 rings (SSSR count). The zero-order valence-corrected chi connectivity index (χ0v) is 8.71. The molecule has 1 unspecified atom stereocenters. The van der Waals surface area contributed by atoms with Gasteiger partial charge in [0.25, 0.3) is 0 Å². The summed E-state index contributed by atoms with van der Waals surface area (Å²) in [4.78, 5) is 0. The molecule has 1 spiro atoms. The summed E-state index contributed by atoms with van der Waals surface area (Å²) in [6.07, 6.45) is 5.25. The van der Waals surface area contributed by atoms with Crippen molar-refractivity contribution >= 4 is 0 Å². The van der Waals surface area contributed by atoms with Gasteiger partial charge in [0.1, 0.15) is 0 Å². The summed E-state index contributed by atoms with van der Waals surface area (Å²) in [5.41, 5.74) is 0.0936. The Bertz CT molecular complexity index is 168. The molecule has 0 bridgehead atoms. The third-order valence-electron chi connectivity index (χ3n) is 3.54. The van der Waals surface area contributed by atoms with Crippen LogP contribution >= 0.6 is 0 Å². The maximum absolute atomic E-state index is 8.94. The third kappa shape index (κ3) is 2.27. The highest BCUT2D eigenvalue weighted by Crippen LogP contribution is 2.37. The molecule has 1 atom stereocenters. The van der Waals surface area contributed by atoms with Crippen LogP contribution in [-0.2, 0) is 9.47 Å². The van der Waals surface area contributed by atoms with Crippen LogP contribution in [0.4, 0.5) is 0 Å². The highest BCUT2D eigenvalue weighted by atomic mass is 16.5. The Kier molecular flexibility index (Phi) is 3.42. The zero-order chi connectivity index (χ0) is 9.86. The molecule has 0 aromatic carbocycles. The summed E-state index contributed by atoms with van der Waals surface area (Å²) in [5, 5.41) is 8.94. The van der Waals surface area contributed by atoms with E-state index in [9.17, 15) is 0 Å². The van der Waals surface area contributed by atoms with Gasteiger partial charge in [-0.1, -0.05) is 0 Å². The summed E-state index contributed by atoms with van der Waals surface area (Å²) in [6, 6.07) is 0. The molecule has 0 aromatic rings. The Labute approximate surface area is 85.4 Å². The van der Waals surface area contributed by atoms with Gasteiger partial charge >= 0.3 is 0 Å². The van der Waals surface area contributed by atoms with E-state index in [1.807, 2.05) is 0 Å². The molecule has 14 heavy (non-hydrogen) atoms. The smallest absolute Gasteiger partial charge is 0.0729 e. The molecule has 2 heterocycles. The van der Waals surface area contributed by atoms with Gasteiger partial charge in [0.2, 0.25) is 0 Å². The van der Waals surface area contributed by atoms with Crippen LogP contribution in [0.1, 0.15) is 32.1 Å². The standard InChI is InChI=1S/C11H20O3/c12-5-1-10-2-6-14-11(9-10)3-7-13-8-4-11/h10,12H,1-9H2. The molecule has 2 fully saturated rings. The van der Waals surface area contributed by atoms with E-state index in [4.69, 9.17) is 14.6 Å². The molecule has 1 N–H and O–H groups in total. The number of hydrogen-bond acceptors (Lipinski definition) is 3. The van der Waals surface area contributed by atoms with E-state index in [1.54, 1.807) is 0 Å². The van der Waals surface area contributed by atoms with Gasteiger partial charge in [0.15, 0.2) is 0 Å². The molecule has 2 aliphatic rings. The van der Waals surface area contributed by atoms with Crippen LogP contribution in [-0.4, -0.2) is 37.1 Å². The Balaban J connectivity index is 1.91. The van der Waals surface area contributed by atoms with Crippen molar-refractivity contribution in [3.8, 4) is 0 Å². The van der Waals surface area contributed by atoms with Crippen LogP contribution in [0.2, 0.25) is 0 Å². The normalized spacial score (nSPS) is 31.9. The van der Waals surface area contributed by atoms with E-state index in [0.717, 1.165) is 51.9 Å². The largest absolute Gasteiger partial charge is 0.396 e. The Morgan fingerprint density at radius 2 is 2.00 bits per heavy atom. The highest BCUT2D eigenvalue weighted by Gasteiger charge is 2.38. The fraction of sp³-hybridized carbons (Fsp3) is 1.00. The van der Waals surface area contributed by atoms with Crippen LogP contribution < -0.4 is 0 Å².